The molecule has 0 spiro atoms. The van der Waals surface area contributed by atoms with Crippen LogP contribution in [0.15, 0.2) is 48.5 Å². The fourth-order valence-electron chi connectivity index (χ4n) is 4.76. The molecule has 1 fully saturated rings. The number of carbonyl (C=O) groups is 3. The smallest absolute Gasteiger partial charge is 0.407 e. The number of carbonyl (C=O) groups excluding carboxylic acids is 2. The Labute approximate surface area is 187 Å². The Hall–Kier alpha value is -3.35. The molecule has 0 aromatic heterocycles. The first-order valence-corrected chi connectivity index (χ1v) is 11.1. The molecule has 1 aliphatic heterocycles. The monoisotopic (exact) mass is 436 g/mol. The summed E-state index contributed by atoms with van der Waals surface area (Å²) in [6.45, 7) is 2.10. The van der Waals surface area contributed by atoms with E-state index in [0.717, 1.165) is 41.5 Å². The first-order valence-electron chi connectivity index (χ1n) is 11.1. The molecule has 2 aromatic rings. The van der Waals surface area contributed by atoms with Gasteiger partial charge in [-0.2, -0.15) is 0 Å². The van der Waals surface area contributed by atoms with Gasteiger partial charge in [0.1, 0.15) is 18.7 Å². The van der Waals surface area contributed by atoms with Crippen molar-refractivity contribution >= 4 is 18.0 Å². The molecule has 2 aliphatic rings. The summed E-state index contributed by atoms with van der Waals surface area (Å²) in [5, 5.41) is 12.1. The lowest BCUT2D eigenvalue weighted by Crippen LogP contribution is -2.52. The molecule has 1 saturated heterocycles. The number of fused-ring (bicyclic) bond motifs is 3. The van der Waals surface area contributed by atoms with Gasteiger partial charge in [-0.3, -0.25) is 4.79 Å². The highest BCUT2D eigenvalue weighted by Crippen LogP contribution is 2.44. The minimum atomic E-state index is -1.01. The van der Waals surface area contributed by atoms with E-state index in [1.165, 1.54) is 4.90 Å². The number of hydrogen-bond donors (Lipinski definition) is 2. The Balaban J connectivity index is 1.39. The molecule has 2 unspecified atom stereocenters. The Morgan fingerprint density at radius 1 is 1.03 bits per heavy atom. The summed E-state index contributed by atoms with van der Waals surface area (Å²) in [6, 6.07) is 14.4. The summed E-state index contributed by atoms with van der Waals surface area (Å²) >= 11 is 0. The molecule has 1 heterocycles. The number of benzene rings is 2. The normalized spacial score (nSPS) is 18.8. The second kappa shape index (κ2) is 9.42. The van der Waals surface area contributed by atoms with Crippen LogP contribution in [0.4, 0.5) is 4.79 Å². The SMILES string of the molecule is CC(NC(=O)OCC1c2ccccc2-c2ccccc21)C(=O)N1CCCCCC1C(=O)O. The first kappa shape index (κ1) is 21.9. The van der Waals surface area contributed by atoms with Crippen LogP contribution in [0.1, 0.15) is 49.7 Å². The molecule has 0 saturated carbocycles. The number of aliphatic carboxylic acids is 1. The predicted molar refractivity (Wildman–Crippen MR) is 119 cm³/mol. The van der Waals surface area contributed by atoms with Gasteiger partial charge in [0.05, 0.1) is 0 Å². The highest BCUT2D eigenvalue weighted by atomic mass is 16.5. The van der Waals surface area contributed by atoms with Crippen LogP contribution in [0.5, 0.6) is 0 Å². The number of carboxylic acids is 1. The van der Waals surface area contributed by atoms with E-state index in [1.807, 2.05) is 36.4 Å². The lowest BCUT2D eigenvalue weighted by atomic mass is 9.98. The highest BCUT2D eigenvalue weighted by Gasteiger charge is 2.34. The highest BCUT2D eigenvalue weighted by molar-refractivity contribution is 5.89. The third kappa shape index (κ3) is 4.33. The van der Waals surface area contributed by atoms with Crippen molar-refractivity contribution in [2.45, 2.75) is 50.6 Å². The van der Waals surface area contributed by atoms with Gasteiger partial charge < -0.3 is 20.1 Å². The van der Waals surface area contributed by atoms with Crippen LogP contribution in [0.25, 0.3) is 11.1 Å². The summed E-state index contributed by atoms with van der Waals surface area (Å²) in [5.74, 6) is -1.47. The molecule has 1 aliphatic carbocycles. The third-order valence-electron chi connectivity index (χ3n) is 6.37. The summed E-state index contributed by atoms with van der Waals surface area (Å²) in [4.78, 5) is 38.4. The maximum absolute atomic E-state index is 12.9. The predicted octanol–water partition coefficient (Wildman–Crippen LogP) is 3.77. The summed E-state index contributed by atoms with van der Waals surface area (Å²) < 4.78 is 5.51. The van der Waals surface area contributed by atoms with Crippen molar-refractivity contribution < 1.29 is 24.2 Å². The van der Waals surface area contributed by atoms with Gasteiger partial charge in [-0.15, -0.1) is 0 Å². The number of carboxylic acid groups (broad SMARTS) is 1. The summed E-state index contributed by atoms with van der Waals surface area (Å²) in [5.41, 5.74) is 4.50. The lowest BCUT2D eigenvalue weighted by molar-refractivity contribution is -0.150. The Morgan fingerprint density at radius 3 is 2.28 bits per heavy atom. The Morgan fingerprint density at radius 2 is 1.66 bits per heavy atom. The number of nitrogens with one attached hydrogen (secondary N) is 1. The fourth-order valence-corrected chi connectivity index (χ4v) is 4.76. The van der Waals surface area contributed by atoms with Gasteiger partial charge in [0.25, 0.3) is 0 Å². The Kier molecular flexibility index (Phi) is 6.44. The zero-order chi connectivity index (χ0) is 22.7. The minimum absolute atomic E-state index is 0.0684. The van der Waals surface area contributed by atoms with E-state index in [-0.39, 0.29) is 12.5 Å². The molecule has 32 heavy (non-hydrogen) atoms. The van der Waals surface area contributed by atoms with E-state index in [2.05, 4.69) is 17.4 Å². The first-order chi connectivity index (χ1) is 15.5. The van der Waals surface area contributed by atoms with E-state index >= 15 is 0 Å². The molecule has 7 nitrogen and oxygen atoms in total. The molecular weight excluding hydrogens is 408 g/mol. The molecule has 2 atom stereocenters. The number of alkyl carbamates (subject to hydrolysis) is 1. The van der Waals surface area contributed by atoms with Crippen LogP contribution in [-0.4, -0.2) is 53.2 Å². The van der Waals surface area contributed by atoms with Crippen LogP contribution >= 0.6 is 0 Å². The second-order valence-corrected chi connectivity index (χ2v) is 8.43. The maximum atomic E-state index is 12.9. The number of nitrogens with zero attached hydrogens (tertiary/aromatic N) is 1. The van der Waals surface area contributed by atoms with Crippen molar-refractivity contribution in [3.8, 4) is 11.1 Å². The minimum Gasteiger partial charge on any atom is -0.480 e. The van der Waals surface area contributed by atoms with Crippen molar-refractivity contribution in [3.05, 3.63) is 59.7 Å². The number of rotatable bonds is 5. The molecule has 7 heteroatoms. The average Bonchev–Trinajstić information content (AvgIpc) is 2.93. The van der Waals surface area contributed by atoms with Crippen LogP contribution in [-0.2, 0) is 14.3 Å². The van der Waals surface area contributed by atoms with Gasteiger partial charge in [-0.05, 0) is 42.0 Å². The van der Waals surface area contributed by atoms with Crippen molar-refractivity contribution in [2.75, 3.05) is 13.2 Å². The molecule has 0 radical (unpaired) electrons. The molecule has 0 bridgehead atoms. The standard InChI is InChI=1S/C25H28N2O5/c1-16(23(28)27-14-8-2-3-13-22(27)24(29)30)26-25(31)32-15-21-19-11-6-4-9-17(19)18-10-5-7-12-20(18)21/h4-7,9-12,16,21-22H,2-3,8,13-15H2,1H3,(H,26,31)(H,29,30). The Bertz CT molecular complexity index is 975. The molecule has 2 amide bonds. The van der Waals surface area contributed by atoms with Crippen LogP contribution < -0.4 is 5.32 Å². The van der Waals surface area contributed by atoms with Gasteiger partial charge >= 0.3 is 12.1 Å². The number of amides is 2. The van der Waals surface area contributed by atoms with Crippen LogP contribution in [0.2, 0.25) is 0 Å². The number of ether oxygens (including phenoxy) is 1. The van der Waals surface area contributed by atoms with Gasteiger partial charge in [0.2, 0.25) is 5.91 Å². The van der Waals surface area contributed by atoms with Gasteiger partial charge in [0, 0.05) is 12.5 Å². The van der Waals surface area contributed by atoms with E-state index in [0.29, 0.717) is 13.0 Å². The van der Waals surface area contributed by atoms with Crippen molar-refractivity contribution in [3.63, 3.8) is 0 Å². The van der Waals surface area contributed by atoms with Crippen LogP contribution in [0.3, 0.4) is 0 Å². The molecule has 4 rings (SSSR count). The largest absolute Gasteiger partial charge is 0.480 e. The number of likely N-dealkylation sites (tertiary alicyclic amines) is 1. The summed E-state index contributed by atoms with van der Waals surface area (Å²) in [7, 11) is 0. The molecule has 2 aromatic carbocycles. The molecule has 2 N–H and O–H groups in total. The average molecular weight is 437 g/mol. The van der Waals surface area contributed by atoms with Crippen molar-refractivity contribution in [2.24, 2.45) is 0 Å². The number of hydrogen-bond acceptors (Lipinski definition) is 4. The zero-order valence-electron chi connectivity index (χ0n) is 18.1. The van der Waals surface area contributed by atoms with Crippen LogP contribution in [0, 0.1) is 0 Å². The van der Waals surface area contributed by atoms with E-state index in [1.54, 1.807) is 6.92 Å². The lowest BCUT2D eigenvalue weighted by Gasteiger charge is -2.29. The zero-order valence-corrected chi connectivity index (χ0v) is 18.1. The van der Waals surface area contributed by atoms with Crippen molar-refractivity contribution in [1.29, 1.82) is 0 Å². The topological polar surface area (TPSA) is 95.9 Å². The van der Waals surface area contributed by atoms with E-state index in [4.69, 9.17) is 4.74 Å². The van der Waals surface area contributed by atoms with E-state index in [9.17, 15) is 19.5 Å². The molecule has 168 valence electrons. The van der Waals surface area contributed by atoms with Gasteiger partial charge in [-0.25, -0.2) is 9.59 Å². The summed E-state index contributed by atoms with van der Waals surface area (Å²) in [6.07, 6.45) is 2.16. The molecular formula is C25H28N2O5. The van der Waals surface area contributed by atoms with Gasteiger partial charge in [-0.1, -0.05) is 61.4 Å². The fraction of sp³-hybridized carbons (Fsp3) is 0.400. The third-order valence-corrected chi connectivity index (χ3v) is 6.37. The van der Waals surface area contributed by atoms with Gasteiger partial charge in [0.15, 0.2) is 0 Å². The second-order valence-electron chi connectivity index (χ2n) is 8.43. The van der Waals surface area contributed by atoms with Crippen molar-refractivity contribution in [1.82, 2.24) is 10.2 Å². The van der Waals surface area contributed by atoms with E-state index < -0.39 is 30.1 Å². The quantitative estimate of drug-likeness (QED) is 0.744. The maximum Gasteiger partial charge on any atom is 0.407 e.